The Hall–Kier alpha value is -1.44. The van der Waals surface area contributed by atoms with E-state index in [4.69, 9.17) is 5.73 Å². The SMILES string of the molecule is CCCN(C(=O)c1cccs1)C1CCN(Cc2cnc(N)s2)CC1. The third-order valence-electron chi connectivity index (χ3n) is 4.41. The number of amides is 1. The van der Waals surface area contributed by atoms with Gasteiger partial charge in [0.1, 0.15) is 0 Å². The number of nitrogens with zero attached hydrogens (tertiary/aromatic N) is 3. The highest BCUT2D eigenvalue weighted by molar-refractivity contribution is 7.15. The molecule has 2 N–H and O–H groups in total. The van der Waals surface area contributed by atoms with Gasteiger partial charge in [0.2, 0.25) is 0 Å². The molecule has 0 aromatic carbocycles. The molecule has 3 rings (SSSR count). The monoisotopic (exact) mass is 364 g/mol. The van der Waals surface area contributed by atoms with Crippen molar-refractivity contribution in [1.29, 1.82) is 0 Å². The molecule has 1 aliphatic rings. The summed E-state index contributed by atoms with van der Waals surface area (Å²) < 4.78 is 0. The first kappa shape index (κ1) is 17.4. The Bertz CT molecular complexity index is 647. The predicted molar refractivity (Wildman–Crippen MR) is 100 cm³/mol. The van der Waals surface area contributed by atoms with E-state index in [0.717, 1.165) is 50.3 Å². The van der Waals surface area contributed by atoms with Crippen LogP contribution in [0, 0.1) is 0 Å². The van der Waals surface area contributed by atoms with Crippen molar-refractivity contribution in [3.8, 4) is 0 Å². The number of hydrogen-bond donors (Lipinski definition) is 1. The average Bonchev–Trinajstić information content (AvgIpc) is 3.25. The summed E-state index contributed by atoms with van der Waals surface area (Å²) in [6, 6.07) is 4.23. The molecule has 5 nitrogen and oxygen atoms in total. The summed E-state index contributed by atoms with van der Waals surface area (Å²) in [6.07, 6.45) is 4.93. The van der Waals surface area contributed by atoms with Gasteiger partial charge in [-0.25, -0.2) is 4.98 Å². The molecule has 130 valence electrons. The van der Waals surface area contributed by atoms with Gasteiger partial charge in [-0.3, -0.25) is 9.69 Å². The van der Waals surface area contributed by atoms with E-state index in [2.05, 4.69) is 21.7 Å². The van der Waals surface area contributed by atoms with Crippen LogP contribution in [0.4, 0.5) is 5.13 Å². The minimum Gasteiger partial charge on any atom is -0.375 e. The molecule has 2 aromatic rings. The van der Waals surface area contributed by atoms with Crippen LogP contribution in [-0.2, 0) is 6.54 Å². The molecule has 0 saturated carbocycles. The first-order valence-electron chi connectivity index (χ1n) is 8.44. The van der Waals surface area contributed by atoms with E-state index in [9.17, 15) is 4.79 Å². The average molecular weight is 365 g/mol. The fourth-order valence-electron chi connectivity index (χ4n) is 3.24. The minimum absolute atomic E-state index is 0.195. The normalized spacial score (nSPS) is 16.4. The molecule has 2 aromatic heterocycles. The smallest absolute Gasteiger partial charge is 0.264 e. The zero-order chi connectivity index (χ0) is 16.9. The van der Waals surface area contributed by atoms with Crippen molar-refractivity contribution >= 4 is 33.7 Å². The van der Waals surface area contributed by atoms with Crippen LogP contribution < -0.4 is 5.73 Å². The first-order valence-corrected chi connectivity index (χ1v) is 10.1. The van der Waals surface area contributed by atoms with E-state index in [1.807, 2.05) is 23.7 Å². The van der Waals surface area contributed by atoms with Crippen LogP contribution in [-0.4, -0.2) is 46.4 Å². The van der Waals surface area contributed by atoms with Gasteiger partial charge in [-0.1, -0.05) is 13.0 Å². The lowest BCUT2D eigenvalue weighted by Crippen LogP contribution is -2.47. The lowest BCUT2D eigenvalue weighted by atomic mass is 10.0. The summed E-state index contributed by atoms with van der Waals surface area (Å²) >= 11 is 3.10. The maximum absolute atomic E-state index is 12.8. The van der Waals surface area contributed by atoms with Crippen molar-refractivity contribution < 1.29 is 4.79 Å². The van der Waals surface area contributed by atoms with Gasteiger partial charge in [0.05, 0.1) is 4.88 Å². The zero-order valence-electron chi connectivity index (χ0n) is 14.0. The lowest BCUT2D eigenvalue weighted by Gasteiger charge is -2.38. The van der Waals surface area contributed by atoms with Crippen LogP contribution >= 0.6 is 22.7 Å². The number of nitrogen functional groups attached to an aromatic ring is 1. The largest absolute Gasteiger partial charge is 0.375 e. The number of hydrogen-bond acceptors (Lipinski definition) is 6. The van der Waals surface area contributed by atoms with Crippen LogP contribution in [0.2, 0.25) is 0 Å². The summed E-state index contributed by atoms with van der Waals surface area (Å²) in [4.78, 5) is 23.5. The number of carbonyl (C=O) groups is 1. The van der Waals surface area contributed by atoms with E-state index in [0.29, 0.717) is 11.2 Å². The standard InChI is InChI=1S/C17H24N4OS2/c1-2-7-21(16(22)15-4-3-10-23-15)13-5-8-20(9-6-13)12-14-11-19-17(18)24-14/h3-4,10-11,13H,2,5-9,12H2,1H3,(H2,18,19). The third kappa shape index (κ3) is 4.15. The predicted octanol–water partition coefficient (Wildman–Crippen LogP) is 3.30. The molecule has 3 heterocycles. The van der Waals surface area contributed by atoms with Crippen molar-refractivity contribution in [1.82, 2.24) is 14.8 Å². The third-order valence-corrected chi connectivity index (χ3v) is 6.08. The first-order chi connectivity index (χ1) is 11.7. The van der Waals surface area contributed by atoms with Gasteiger partial charge in [-0.2, -0.15) is 0 Å². The van der Waals surface area contributed by atoms with Crippen molar-refractivity contribution in [3.05, 3.63) is 33.5 Å². The zero-order valence-corrected chi connectivity index (χ0v) is 15.6. The van der Waals surface area contributed by atoms with Gasteiger partial charge >= 0.3 is 0 Å². The fraction of sp³-hybridized carbons (Fsp3) is 0.529. The molecular weight excluding hydrogens is 340 g/mol. The second-order valence-corrected chi connectivity index (χ2v) is 8.24. The molecule has 7 heteroatoms. The number of likely N-dealkylation sites (tertiary alicyclic amines) is 1. The van der Waals surface area contributed by atoms with E-state index in [-0.39, 0.29) is 5.91 Å². The minimum atomic E-state index is 0.195. The molecule has 24 heavy (non-hydrogen) atoms. The summed E-state index contributed by atoms with van der Waals surface area (Å²) in [5.41, 5.74) is 5.70. The van der Waals surface area contributed by atoms with E-state index < -0.39 is 0 Å². The highest BCUT2D eigenvalue weighted by atomic mass is 32.1. The lowest BCUT2D eigenvalue weighted by molar-refractivity contribution is 0.0571. The van der Waals surface area contributed by atoms with Crippen LogP contribution in [0.25, 0.3) is 0 Å². The summed E-state index contributed by atoms with van der Waals surface area (Å²) in [6.45, 7) is 5.92. The maximum Gasteiger partial charge on any atom is 0.264 e. The molecule has 1 saturated heterocycles. The molecule has 1 aliphatic heterocycles. The number of piperidine rings is 1. The Labute approximate surface area is 151 Å². The van der Waals surface area contributed by atoms with Crippen LogP contribution in [0.5, 0.6) is 0 Å². The van der Waals surface area contributed by atoms with Crippen molar-refractivity contribution in [2.75, 3.05) is 25.4 Å². The number of rotatable bonds is 6. The van der Waals surface area contributed by atoms with Crippen molar-refractivity contribution in [2.45, 2.75) is 38.8 Å². The number of carbonyl (C=O) groups excluding carboxylic acids is 1. The Morgan fingerprint density at radius 3 is 2.83 bits per heavy atom. The Morgan fingerprint density at radius 2 is 2.25 bits per heavy atom. The van der Waals surface area contributed by atoms with Crippen LogP contribution in [0.15, 0.2) is 23.7 Å². The molecule has 0 atom stereocenters. The second-order valence-electron chi connectivity index (χ2n) is 6.15. The molecule has 0 aliphatic carbocycles. The molecule has 1 amide bonds. The van der Waals surface area contributed by atoms with Crippen molar-refractivity contribution in [2.24, 2.45) is 0 Å². The summed E-state index contributed by atoms with van der Waals surface area (Å²) in [5, 5.41) is 2.61. The molecule has 0 radical (unpaired) electrons. The van der Waals surface area contributed by atoms with Gasteiger partial charge in [0.15, 0.2) is 5.13 Å². The molecule has 0 spiro atoms. The van der Waals surface area contributed by atoms with Crippen LogP contribution in [0.3, 0.4) is 0 Å². The van der Waals surface area contributed by atoms with Gasteiger partial charge in [0, 0.05) is 43.3 Å². The van der Waals surface area contributed by atoms with E-state index >= 15 is 0 Å². The topological polar surface area (TPSA) is 62.5 Å². The summed E-state index contributed by atoms with van der Waals surface area (Å²) in [7, 11) is 0. The highest BCUT2D eigenvalue weighted by Gasteiger charge is 2.28. The molecule has 1 fully saturated rings. The summed E-state index contributed by atoms with van der Waals surface area (Å²) in [5.74, 6) is 0.195. The van der Waals surface area contributed by atoms with E-state index in [1.54, 1.807) is 11.3 Å². The van der Waals surface area contributed by atoms with Crippen molar-refractivity contribution in [3.63, 3.8) is 0 Å². The van der Waals surface area contributed by atoms with Crippen LogP contribution in [0.1, 0.15) is 40.7 Å². The van der Waals surface area contributed by atoms with E-state index in [1.165, 1.54) is 16.2 Å². The van der Waals surface area contributed by atoms with Gasteiger partial charge in [-0.15, -0.1) is 22.7 Å². The number of thiophene rings is 1. The Kier molecular flexibility index (Phi) is 5.86. The van der Waals surface area contributed by atoms with Gasteiger partial charge < -0.3 is 10.6 Å². The number of aromatic nitrogens is 1. The van der Waals surface area contributed by atoms with Gasteiger partial charge in [-0.05, 0) is 30.7 Å². The molecule has 0 bridgehead atoms. The number of anilines is 1. The number of nitrogens with two attached hydrogens (primary N) is 1. The Balaban J connectivity index is 1.57. The fourth-order valence-corrected chi connectivity index (χ4v) is 4.64. The second kappa shape index (κ2) is 8.09. The van der Waals surface area contributed by atoms with Gasteiger partial charge in [0.25, 0.3) is 5.91 Å². The molecule has 0 unspecified atom stereocenters. The maximum atomic E-state index is 12.8. The highest BCUT2D eigenvalue weighted by Crippen LogP contribution is 2.24. The number of thiazole rings is 1. The Morgan fingerprint density at radius 1 is 1.46 bits per heavy atom. The quantitative estimate of drug-likeness (QED) is 0.854. The molecular formula is C17H24N4OS2.